The van der Waals surface area contributed by atoms with E-state index in [2.05, 4.69) is 86.1 Å². The van der Waals surface area contributed by atoms with E-state index in [0.29, 0.717) is 97.0 Å². The van der Waals surface area contributed by atoms with Crippen LogP contribution in [-0.2, 0) is 39.1 Å². The molecule has 4 aliphatic rings. The van der Waals surface area contributed by atoms with Gasteiger partial charge in [-0.25, -0.2) is 24.7 Å². The molecular formula is C53H74N24O5. The Kier molecular flexibility index (Phi) is 16.2. The Bertz CT molecular complexity index is 3420. The molecule has 9 heterocycles. The van der Waals surface area contributed by atoms with Gasteiger partial charge < -0.3 is 70.2 Å². The first kappa shape index (κ1) is 54.7. The fourth-order valence-corrected chi connectivity index (χ4v) is 12.2. The van der Waals surface area contributed by atoms with Crippen molar-refractivity contribution in [3.63, 3.8) is 0 Å². The molecule has 29 heteroatoms. The van der Waals surface area contributed by atoms with Crippen molar-refractivity contribution in [2.45, 2.75) is 178 Å². The van der Waals surface area contributed by atoms with Gasteiger partial charge in [-0.3, -0.25) is 0 Å². The van der Waals surface area contributed by atoms with E-state index in [4.69, 9.17) is 29.9 Å². The Morgan fingerprint density at radius 1 is 0.598 bits per heavy atom. The minimum atomic E-state index is -1.18. The Balaban J connectivity index is 0.673. The maximum atomic E-state index is 13.9. The number of carbonyl (C=O) groups is 1. The van der Waals surface area contributed by atoms with Crippen LogP contribution in [0.25, 0.3) is 22.3 Å². The van der Waals surface area contributed by atoms with Crippen LogP contribution in [0.1, 0.15) is 131 Å². The van der Waals surface area contributed by atoms with Gasteiger partial charge in [0, 0.05) is 88.7 Å². The molecule has 0 unspecified atom stereocenters. The SMILES string of the molecule is CCCn1cnc(CCNc2nc(NC3CCC(NC(=O)N4CCC(Nc5nc(NCCc6cn(CC)cn6)nc6c5ncn6[C@@H]5C[C@H](n6ncc(CO)n6)[C@@H](O)[C@H]5O)CC4)CC3)c3ncn([C@H]4CC[C@@H](n5ncc(CO)n5)C4)c3n2)c1. The number of nitrogens with zero attached hydrogens (tertiary/aromatic N) is 19. The summed E-state index contributed by atoms with van der Waals surface area (Å²) in [6.07, 6.45) is 22.0. The van der Waals surface area contributed by atoms with E-state index in [0.717, 1.165) is 87.9 Å². The van der Waals surface area contributed by atoms with E-state index in [1.807, 2.05) is 34.6 Å². The third-order valence-electron chi connectivity index (χ3n) is 16.7. The summed E-state index contributed by atoms with van der Waals surface area (Å²) in [6.45, 7) is 7.77. The maximum absolute atomic E-state index is 13.9. The molecule has 0 radical (unpaired) electrons. The highest BCUT2D eigenvalue weighted by atomic mass is 16.3. The molecule has 6 atom stereocenters. The number of carbonyl (C=O) groups excluding carboxylic acids is 1. The topological polar surface area (TPSA) is 346 Å². The largest absolute Gasteiger partial charge is 0.390 e. The number of aromatic nitrogens is 18. The number of urea groups is 1. The molecule has 436 valence electrons. The highest BCUT2D eigenvalue weighted by Crippen LogP contribution is 2.41. The number of fused-ring (bicyclic) bond motifs is 2. The molecule has 8 aromatic rings. The third-order valence-corrected chi connectivity index (χ3v) is 16.7. The summed E-state index contributed by atoms with van der Waals surface area (Å²) in [6, 6.07) is -0.955. The van der Waals surface area contributed by atoms with Crippen molar-refractivity contribution in [3.8, 4) is 0 Å². The van der Waals surface area contributed by atoms with Gasteiger partial charge in [0.05, 0.1) is 74.4 Å². The molecule has 2 amide bonds. The lowest BCUT2D eigenvalue weighted by Crippen LogP contribution is -2.50. The van der Waals surface area contributed by atoms with E-state index in [-0.39, 0.29) is 55.9 Å². The fourth-order valence-electron chi connectivity index (χ4n) is 12.2. The zero-order valence-corrected chi connectivity index (χ0v) is 46.4. The number of aliphatic hydroxyl groups excluding tert-OH is 4. The second-order valence-corrected chi connectivity index (χ2v) is 22.2. The molecule has 0 aromatic carbocycles. The molecule has 1 aliphatic heterocycles. The Labute approximate surface area is 472 Å². The van der Waals surface area contributed by atoms with Gasteiger partial charge in [0.1, 0.15) is 29.6 Å². The number of likely N-dealkylation sites (tertiary alicyclic amines) is 1. The highest BCUT2D eigenvalue weighted by Gasteiger charge is 2.45. The van der Waals surface area contributed by atoms with Gasteiger partial charge in [-0.15, -0.1) is 0 Å². The molecule has 8 aromatic heterocycles. The van der Waals surface area contributed by atoms with E-state index < -0.39 is 24.3 Å². The molecule has 3 saturated carbocycles. The smallest absolute Gasteiger partial charge is 0.317 e. The second-order valence-electron chi connectivity index (χ2n) is 22.2. The number of imidazole rings is 4. The predicted molar refractivity (Wildman–Crippen MR) is 300 cm³/mol. The third kappa shape index (κ3) is 11.8. The Morgan fingerprint density at radius 2 is 1.16 bits per heavy atom. The van der Waals surface area contributed by atoms with Crippen LogP contribution in [0.3, 0.4) is 0 Å². The molecule has 82 heavy (non-hydrogen) atoms. The monoisotopic (exact) mass is 1130 g/mol. The number of rotatable bonds is 22. The maximum Gasteiger partial charge on any atom is 0.317 e. The van der Waals surface area contributed by atoms with Crippen LogP contribution in [0.2, 0.25) is 0 Å². The first-order valence-electron chi connectivity index (χ1n) is 29.1. The van der Waals surface area contributed by atoms with Crippen molar-refractivity contribution in [1.82, 2.24) is 98.3 Å². The summed E-state index contributed by atoms with van der Waals surface area (Å²) in [4.78, 5) is 57.5. The van der Waals surface area contributed by atoms with Crippen molar-refractivity contribution in [2.75, 3.05) is 47.4 Å². The summed E-state index contributed by atoms with van der Waals surface area (Å²) in [5.41, 5.74) is 5.34. The van der Waals surface area contributed by atoms with Gasteiger partial charge in [0.2, 0.25) is 11.9 Å². The number of amides is 2. The molecule has 9 N–H and O–H groups in total. The first-order valence-corrected chi connectivity index (χ1v) is 29.1. The summed E-state index contributed by atoms with van der Waals surface area (Å²) >= 11 is 0. The van der Waals surface area contributed by atoms with Crippen LogP contribution in [0, 0.1) is 0 Å². The molecule has 0 spiro atoms. The molecule has 12 rings (SSSR count). The summed E-state index contributed by atoms with van der Waals surface area (Å²) in [5, 5.41) is 76.9. The summed E-state index contributed by atoms with van der Waals surface area (Å²) in [7, 11) is 0. The summed E-state index contributed by atoms with van der Waals surface area (Å²) in [5.74, 6) is 2.10. The number of hydrogen-bond acceptors (Lipinski definition) is 21. The first-order chi connectivity index (χ1) is 40.1. The van der Waals surface area contributed by atoms with Crippen LogP contribution < -0.4 is 26.6 Å². The lowest BCUT2D eigenvalue weighted by molar-refractivity contribution is 0.00491. The predicted octanol–water partition coefficient (Wildman–Crippen LogP) is 3.15. The van der Waals surface area contributed by atoms with Crippen molar-refractivity contribution in [2.24, 2.45) is 0 Å². The van der Waals surface area contributed by atoms with Crippen molar-refractivity contribution >= 4 is 51.9 Å². The second kappa shape index (κ2) is 24.3. The number of aliphatic hydroxyl groups is 4. The van der Waals surface area contributed by atoms with Crippen LogP contribution in [0.5, 0.6) is 0 Å². The van der Waals surface area contributed by atoms with Crippen LogP contribution >= 0.6 is 0 Å². The molecule has 0 bridgehead atoms. The van der Waals surface area contributed by atoms with Crippen LogP contribution in [0.15, 0.2) is 50.1 Å². The average Bonchev–Trinajstić information content (AvgIpc) is 4.49. The Morgan fingerprint density at radius 3 is 1.78 bits per heavy atom. The molecule has 1 saturated heterocycles. The molecule has 4 fully saturated rings. The number of piperidine rings is 1. The van der Waals surface area contributed by atoms with E-state index in [1.54, 1.807) is 21.9 Å². The van der Waals surface area contributed by atoms with Crippen molar-refractivity contribution in [3.05, 3.63) is 72.9 Å². The van der Waals surface area contributed by atoms with Crippen molar-refractivity contribution in [1.29, 1.82) is 0 Å². The van der Waals surface area contributed by atoms with E-state index in [9.17, 15) is 25.2 Å². The number of hydrogen-bond donors (Lipinski definition) is 9. The zero-order valence-electron chi connectivity index (χ0n) is 46.4. The van der Waals surface area contributed by atoms with Gasteiger partial charge in [0.25, 0.3) is 0 Å². The quantitative estimate of drug-likeness (QED) is 0.0471. The standard InChI is InChI=1S/C53H74N24O5/c1-3-17-72-25-36(57-29-72)12-16-54-51-65-47(43-49(67-51)74(30-58-43)39-9-10-40(20-39)76-60-22-37(26-78)69-76)62-32-5-7-33(8-6-32)64-53(82)73-18-13-34(14-19-73)63-48-44-50(68-52(66-48)55-15-11-35-24-71(4-2)28-56-35)75(31-59-44)41-21-42(46(81)45(41)80)77-61-23-38(27-79)70-77/h22-25,28-34,39-42,45-46,78-81H,3-21,26-27H2,1-2H3,(H,64,82)(H2,54,62,65,67)(H2,55,63,66,68)/t32?,33?,39-,40+,41+,42-,45-,46+/m0/s1. The molecular weight excluding hydrogens is 1050 g/mol. The number of anilines is 4. The van der Waals surface area contributed by atoms with Crippen molar-refractivity contribution < 1.29 is 25.2 Å². The Hall–Kier alpha value is -7.89. The zero-order chi connectivity index (χ0) is 56.3. The summed E-state index contributed by atoms with van der Waals surface area (Å²) < 4.78 is 8.09. The normalized spacial score (nSPS) is 23.3. The minimum absolute atomic E-state index is 0.0179. The van der Waals surface area contributed by atoms with Gasteiger partial charge in [-0.1, -0.05) is 6.92 Å². The number of aryl methyl sites for hydroxylation is 2. The average molecular weight is 1130 g/mol. The van der Waals surface area contributed by atoms with Gasteiger partial charge in [-0.2, -0.15) is 49.9 Å². The lowest BCUT2D eigenvalue weighted by atomic mass is 9.91. The number of nitrogens with one attached hydrogen (secondary N) is 5. The van der Waals surface area contributed by atoms with Crippen LogP contribution in [0.4, 0.5) is 28.3 Å². The van der Waals surface area contributed by atoms with E-state index in [1.165, 1.54) is 11.0 Å². The van der Waals surface area contributed by atoms with E-state index >= 15 is 0 Å². The van der Waals surface area contributed by atoms with Gasteiger partial charge in [-0.05, 0) is 77.6 Å². The lowest BCUT2D eigenvalue weighted by Gasteiger charge is -2.35. The van der Waals surface area contributed by atoms with Gasteiger partial charge >= 0.3 is 6.03 Å². The fraction of sp³-hybridized carbons (Fsp3) is 0.604. The highest BCUT2D eigenvalue weighted by molar-refractivity contribution is 5.85. The van der Waals surface area contributed by atoms with Crippen LogP contribution in [-0.4, -0.2) is 176 Å². The minimum Gasteiger partial charge on any atom is -0.390 e. The van der Waals surface area contributed by atoms with Gasteiger partial charge in [0.15, 0.2) is 34.0 Å². The molecule has 3 aliphatic carbocycles. The molecule has 29 nitrogen and oxygen atoms in total.